The van der Waals surface area contributed by atoms with E-state index >= 15 is 0 Å². The summed E-state index contributed by atoms with van der Waals surface area (Å²) in [6, 6.07) is 11.4. The van der Waals surface area contributed by atoms with Crippen molar-refractivity contribution in [3.63, 3.8) is 0 Å². The molecule has 10 nitrogen and oxygen atoms in total. The van der Waals surface area contributed by atoms with Gasteiger partial charge in [0.05, 0.1) is 53.4 Å². The maximum atomic E-state index is 12.4. The maximum absolute atomic E-state index is 12.4. The first-order valence-electron chi connectivity index (χ1n) is 14.3. The molecule has 1 aliphatic heterocycles. The summed E-state index contributed by atoms with van der Waals surface area (Å²) in [6.07, 6.45) is 6.76. The molecule has 6 rings (SSSR count). The highest BCUT2D eigenvalue weighted by Gasteiger charge is 2.24. The summed E-state index contributed by atoms with van der Waals surface area (Å²) in [4.78, 5) is 24.0. The quantitative estimate of drug-likeness (QED) is 0.169. The Morgan fingerprint density at radius 1 is 1.02 bits per heavy atom. The summed E-state index contributed by atoms with van der Waals surface area (Å²) in [5.41, 5.74) is 4.97. The molecular weight excluding hydrogens is 615 g/mol. The molecule has 0 unspecified atom stereocenters. The van der Waals surface area contributed by atoms with Crippen molar-refractivity contribution in [2.45, 2.75) is 26.1 Å². The van der Waals surface area contributed by atoms with E-state index in [-0.39, 0.29) is 18.1 Å². The lowest BCUT2D eigenvalue weighted by Gasteiger charge is -2.37. The second-order valence-corrected chi connectivity index (χ2v) is 11.6. The molecule has 0 radical (unpaired) electrons. The molecule has 3 aromatic heterocycles. The van der Waals surface area contributed by atoms with Crippen molar-refractivity contribution in [1.29, 1.82) is 0 Å². The van der Waals surface area contributed by atoms with E-state index < -0.39 is 0 Å². The SMILES string of the molecule is C=CC(=O)Nc1cc(N2C[C@@H](C)O[C@@H](C)C2)ccc1Nc1cc2c(cn1)cc(-c1c(Cl)c(OC)cc(OC)c1Cl)c1nccn12. The number of methoxy groups -OCH3 is 2. The number of fused-ring (bicyclic) bond motifs is 3. The van der Waals surface area contributed by atoms with Gasteiger partial charge < -0.3 is 29.7 Å². The molecule has 0 aliphatic carbocycles. The number of nitrogens with zero attached hydrogens (tertiary/aromatic N) is 4. The number of hydrogen-bond donors (Lipinski definition) is 2. The van der Waals surface area contributed by atoms with E-state index in [0.29, 0.717) is 55.5 Å². The number of aromatic nitrogens is 3. The summed E-state index contributed by atoms with van der Waals surface area (Å²) in [5, 5.41) is 7.82. The Kier molecular flexibility index (Phi) is 8.46. The number of carbonyl (C=O) groups excluding carboxylic acids is 1. The molecule has 1 fully saturated rings. The highest BCUT2D eigenvalue weighted by molar-refractivity contribution is 6.41. The first-order valence-corrected chi connectivity index (χ1v) is 15.1. The van der Waals surface area contributed by atoms with Crippen LogP contribution in [0.2, 0.25) is 10.0 Å². The molecule has 0 bridgehead atoms. The Bertz CT molecular complexity index is 1910. The van der Waals surface area contributed by atoms with Crippen molar-refractivity contribution in [2.24, 2.45) is 0 Å². The van der Waals surface area contributed by atoms with Gasteiger partial charge in [-0.05, 0) is 44.2 Å². The Morgan fingerprint density at radius 2 is 1.73 bits per heavy atom. The van der Waals surface area contributed by atoms with Gasteiger partial charge in [0.1, 0.15) is 23.0 Å². The molecule has 4 heterocycles. The number of pyridine rings is 2. The topological polar surface area (TPSA) is 102 Å². The molecule has 2 atom stereocenters. The van der Waals surface area contributed by atoms with Crippen molar-refractivity contribution in [3.8, 4) is 22.6 Å². The Labute approximate surface area is 270 Å². The zero-order chi connectivity index (χ0) is 31.8. The number of nitrogens with one attached hydrogen (secondary N) is 2. The Hall–Kier alpha value is -4.51. The number of halogens is 2. The van der Waals surface area contributed by atoms with Gasteiger partial charge in [0.2, 0.25) is 5.91 Å². The summed E-state index contributed by atoms with van der Waals surface area (Å²) >= 11 is 13.5. The molecule has 232 valence electrons. The lowest BCUT2D eigenvalue weighted by Crippen LogP contribution is -2.45. The van der Waals surface area contributed by atoms with Gasteiger partial charge in [0.15, 0.2) is 0 Å². The smallest absolute Gasteiger partial charge is 0.247 e. The molecule has 1 saturated heterocycles. The minimum Gasteiger partial charge on any atom is -0.495 e. The summed E-state index contributed by atoms with van der Waals surface area (Å²) < 4.78 is 18.8. The van der Waals surface area contributed by atoms with Crippen LogP contribution in [0.15, 0.2) is 67.6 Å². The van der Waals surface area contributed by atoms with E-state index in [0.717, 1.165) is 29.7 Å². The van der Waals surface area contributed by atoms with Crippen LogP contribution in [0.5, 0.6) is 11.5 Å². The fraction of sp³-hybridized carbons (Fsp3) is 0.242. The molecule has 2 aromatic carbocycles. The van der Waals surface area contributed by atoms with Crippen molar-refractivity contribution >= 4 is 68.5 Å². The van der Waals surface area contributed by atoms with Crippen LogP contribution in [-0.2, 0) is 9.53 Å². The number of amides is 1. The molecule has 2 N–H and O–H groups in total. The van der Waals surface area contributed by atoms with Gasteiger partial charge in [-0.2, -0.15) is 0 Å². The molecule has 1 amide bonds. The first kappa shape index (κ1) is 30.5. The van der Waals surface area contributed by atoms with Crippen LogP contribution in [0.1, 0.15) is 13.8 Å². The average molecular weight is 648 g/mol. The van der Waals surface area contributed by atoms with Crippen LogP contribution in [0.25, 0.3) is 27.7 Å². The number of benzene rings is 2. The van der Waals surface area contributed by atoms with Crippen molar-refractivity contribution < 1.29 is 19.0 Å². The van der Waals surface area contributed by atoms with E-state index in [9.17, 15) is 4.79 Å². The minimum absolute atomic E-state index is 0.0955. The summed E-state index contributed by atoms with van der Waals surface area (Å²) in [5.74, 6) is 1.11. The predicted octanol–water partition coefficient (Wildman–Crippen LogP) is 7.36. The van der Waals surface area contributed by atoms with Crippen LogP contribution in [0.4, 0.5) is 22.9 Å². The van der Waals surface area contributed by atoms with Gasteiger partial charge in [-0.25, -0.2) is 9.97 Å². The monoisotopic (exact) mass is 646 g/mol. The first-order chi connectivity index (χ1) is 21.7. The van der Waals surface area contributed by atoms with Gasteiger partial charge in [-0.3, -0.25) is 9.20 Å². The highest BCUT2D eigenvalue weighted by atomic mass is 35.5. The molecule has 12 heteroatoms. The fourth-order valence-electron chi connectivity index (χ4n) is 5.72. The summed E-state index contributed by atoms with van der Waals surface area (Å²) in [6.45, 7) is 9.22. The summed E-state index contributed by atoms with van der Waals surface area (Å²) in [7, 11) is 3.07. The zero-order valence-corrected chi connectivity index (χ0v) is 26.7. The second kappa shape index (κ2) is 12.5. The van der Waals surface area contributed by atoms with Gasteiger partial charge >= 0.3 is 0 Å². The van der Waals surface area contributed by atoms with E-state index in [1.165, 1.54) is 20.3 Å². The zero-order valence-electron chi connectivity index (χ0n) is 25.2. The van der Waals surface area contributed by atoms with E-state index in [1.54, 1.807) is 18.5 Å². The third-order valence-corrected chi connectivity index (χ3v) is 8.44. The normalized spacial score (nSPS) is 16.5. The number of ether oxygens (including phenoxy) is 3. The fourth-order valence-corrected chi connectivity index (χ4v) is 6.42. The average Bonchev–Trinajstić information content (AvgIpc) is 3.52. The number of hydrogen-bond acceptors (Lipinski definition) is 8. The molecule has 1 aliphatic rings. The third-order valence-electron chi connectivity index (χ3n) is 7.69. The largest absolute Gasteiger partial charge is 0.495 e. The van der Waals surface area contributed by atoms with Crippen molar-refractivity contribution in [1.82, 2.24) is 14.4 Å². The van der Waals surface area contributed by atoms with Gasteiger partial charge in [-0.1, -0.05) is 29.8 Å². The predicted molar refractivity (Wildman–Crippen MR) is 180 cm³/mol. The minimum atomic E-state index is -0.315. The maximum Gasteiger partial charge on any atom is 0.247 e. The number of carbonyl (C=O) groups is 1. The molecule has 0 spiro atoms. The Morgan fingerprint density at radius 3 is 2.40 bits per heavy atom. The van der Waals surface area contributed by atoms with E-state index in [1.807, 2.05) is 40.9 Å². The lowest BCUT2D eigenvalue weighted by molar-refractivity contribution is -0.111. The van der Waals surface area contributed by atoms with Gasteiger partial charge in [0.25, 0.3) is 0 Å². The number of imidazole rings is 1. The third kappa shape index (κ3) is 5.84. The van der Waals surface area contributed by atoms with Crippen LogP contribution < -0.4 is 25.0 Å². The van der Waals surface area contributed by atoms with Crippen molar-refractivity contribution in [2.75, 3.05) is 42.8 Å². The van der Waals surface area contributed by atoms with Crippen LogP contribution >= 0.6 is 23.2 Å². The highest BCUT2D eigenvalue weighted by Crippen LogP contribution is 2.47. The van der Waals surface area contributed by atoms with Crippen LogP contribution in [0.3, 0.4) is 0 Å². The molecule has 5 aromatic rings. The number of rotatable bonds is 8. The standard InChI is InChI=1S/C33H32Cl2N6O4/c1-6-29(42)39-24-12-21(40-16-18(2)45-19(3)17-40)7-8-23(24)38-28-13-25-20(15-37-28)11-22(33-36-9-10-41(25)33)30-31(34)26(43-4)14-27(44-5)32(30)35/h6-15,18-19H,1,16-17H2,2-5H3,(H,37,38)(H,39,42)/t18-,19+. The van der Waals surface area contributed by atoms with Gasteiger partial charge in [0, 0.05) is 66.0 Å². The number of anilines is 4. The van der Waals surface area contributed by atoms with E-state index in [2.05, 4.69) is 40.9 Å². The molecule has 0 saturated carbocycles. The van der Waals surface area contributed by atoms with Gasteiger partial charge in [-0.15, -0.1) is 0 Å². The lowest BCUT2D eigenvalue weighted by atomic mass is 10.0. The second-order valence-electron chi connectivity index (χ2n) is 10.8. The van der Waals surface area contributed by atoms with Crippen molar-refractivity contribution in [3.05, 3.63) is 77.7 Å². The van der Waals surface area contributed by atoms with E-state index in [4.69, 9.17) is 42.4 Å². The number of morpholine rings is 1. The Balaban J connectivity index is 1.41. The van der Waals surface area contributed by atoms with Crippen LogP contribution in [-0.4, -0.2) is 59.8 Å². The molecular formula is C33H32Cl2N6O4. The van der Waals surface area contributed by atoms with Crippen LogP contribution in [0, 0.1) is 0 Å². The molecule has 45 heavy (non-hydrogen) atoms.